The van der Waals surface area contributed by atoms with Gasteiger partial charge >= 0.3 is 0 Å². The van der Waals surface area contributed by atoms with Crippen molar-refractivity contribution in [3.8, 4) is 11.5 Å². The van der Waals surface area contributed by atoms with E-state index in [9.17, 15) is 0 Å². The Labute approximate surface area is 159 Å². The molecule has 0 radical (unpaired) electrons. The Morgan fingerprint density at radius 3 is 2.70 bits per heavy atom. The molecule has 1 aromatic carbocycles. The highest BCUT2D eigenvalue weighted by Gasteiger charge is 2.08. The number of fused-ring (bicyclic) bond motifs is 1. The first-order valence-electron chi connectivity index (χ1n) is 9.14. The van der Waals surface area contributed by atoms with E-state index in [0.29, 0.717) is 30.6 Å². The number of rotatable bonds is 10. The van der Waals surface area contributed by atoms with Crippen LogP contribution >= 0.6 is 0 Å². The number of para-hydroxylation sites is 1. The molecule has 6 heteroatoms. The lowest BCUT2D eigenvalue weighted by molar-refractivity contribution is 0.218. The average Bonchev–Trinajstić information content (AvgIpc) is 2.72. The first-order valence-corrected chi connectivity index (χ1v) is 9.14. The third kappa shape index (κ3) is 4.94. The Kier molecular flexibility index (Phi) is 6.57. The van der Waals surface area contributed by atoms with Crippen LogP contribution < -0.4 is 14.8 Å². The second kappa shape index (κ2) is 9.52. The Morgan fingerprint density at radius 1 is 1.07 bits per heavy atom. The molecule has 3 rings (SSSR count). The van der Waals surface area contributed by atoms with Crippen molar-refractivity contribution in [2.45, 2.75) is 19.8 Å². The number of pyridine rings is 1. The fourth-order valence-electron chi connectivity index (χ4n) is 2.60. The van der Waals surface area contributed by atoms with Gasteiger partial charge in [-0.05, 0) is 30.7 Å². The lowest BCUT2D eigenvalue weighted by Crippen LogP contribution is -2.12. The molecule has 2 heterocycles. The number of aromatic nitrogens is 3. The zero-order chi connectivity index (χ0) is 18.9. The van der Waals surface area contributed by atoms with Gasteiger partial charge in [-0.15, -0.1) is 0 Å². The van der Waals surface area contributed by atoms with Crippen LogP contribution in [0.2, 0.25) is 0 Å². The highest BCUT2D eigenvalue weighted by Crippen LogP contribution is 2.24. The molecule has 0 saturated heterocycles. The minimum Gasteiger partial charge on any atom is -0.489 e. The maximum Gasteiger partial charge on any atom is 0.180 e. The monoisotopic (exact) mass is 364 g/mol. The maximum atomic E-state index is 5.88. The van der Waals surface area contributed by atoms with E-state index in [4.69, 9.17) is 9.47 Å². The average molecular weight is 364 g/mol. The number of hydrogen-bond acceptors (Lipinski definition) is 6. The van der Waals surface area contributed by atoms with E-state index in [-0.39, 0.29) is 0 Å². The summed E-state index contributed by atoms with van der Waals surface area (Å²) in [4.78, 5) is 13.0. The van der Waals surface area contributed by atoms with Crippen molar-refractivity contribution in [2.24, 2.45) is 0 Å². The van der Waals surface area contributed by atoms with E-state index in [1.165, 1.54) is 0 Å². The van der Waals surface area contributed by atoms with Gasteiger partial charge in [0.15, 0.2) is 17.4 Å². The van der Waals surface area contributed by atoms with E-state index in [0.717, 1.165) is 36.0 Å². The number of benzene rings is 1. The Balaban J connectivity index is 1.60. The Bertz CT molecular complexity index is 893. The van der Waals surface area contributed by atoms with Crippen molar-refractivity contribution < 1.29 is 9.47 Å². The van der Waals surface area contributed by atoms with E-state index in [1.807, 2.05) is 30.3 Å². The minimum atomic E-state index is 0.385. The summed E-state index contributed by atoms with van der Waals surface area (Å²) in [6.45, 7) is 7.49. The van der Waals surface area contributed by atoms with Gasteiger partial charge in [0.1, 0.15) is 19.0 Å². The number of nitrogens with one attached hydrogen (secondary N) is 1. The normalized spacial score (nSPS) is 10.6. The third-order valence-corrected chi connectivity index (χ3v) is 3.99. The summed E-state index contributed by atoms with van der Waals surface area (Å²) in [5.74, 6) is 2.66. The number of ether oxygens (including phenoxy) is 2. The molecule has 6 nitrogen and oxygen atoms in total. The molecule has 0 atom stereocenters. The number of hydrogen-bond donors (Lipinski definition) is 1. The SMILES string of the molecule is C=Cc1ncc(OCCOc2ccnc3ccccc23)c(NCCCC)n1. The first-order chi connectivity index (χ1) is 13.3. The van der Waals surface area contributed by atoms with Crippen molar-refractivity contribution in [3.05, 3.63) is 55.1 Å². The summed E-state index contributed by atoms with van der Waals surface area (Å²) in [6.07, 6.45) is 7.20. The topological polar surface area (TPSA) is 69.2 Å². The summed E-state index contributed by atoms with van der Waals surface area (Å²) >= 11 is 0. The zero-order valence-corrected chi connectivity index (χ0v) is 15.5. The standard InChI is InChI=1S/C21H24N4O2/c1-3-5-11-23-21-19(15-24-20(4-2)25-21)27-14-13-26-18-10-12-22-17-9-7-6-8-16(17)18/h4,6-10,12,15H,2-3,5,11,13-14H2,1H3,(H,23,24,25). The fraction of sp³-hybridized carbons (Fsp3) is 0.286. The highest BCUT2D eigenvalue weighted by molar-refractivity contribution is 5.84. The van der Waals surface area contributed by atoms with Crippen molar-refractivity contribution in [3.63, 3.8) is 0 Å². The smallest absolute Gasteiger partial charge is 0.180 e. The van der Waals surface area contributed by atoms with Crippen LogP contribution in [0.1, 0.15) is 25.6 Å². The van der Waals surface area contributed by atoms with E-state index >= 15 is 0 Å². The van der Waals surface area contributed by atoms with Gasteiger partial charge in [0.05, 0.1) is 11.7 Å². The molecule has 3 aromatic rings. The predicted molar refractivity (Wildman–Crippen MR) is 108 cm³/mol. The lowest BCUT2D eigenvalue weighted by Gasteiger charge is -2.13. The summed E-state index contributed by atoms with van der Waals surface area (Å²) in [5, 5.41) is 4.29. The maximum absolute atomic E-state index is 5.88. The highest BCUT2D eigenvalue weighted by atomic mass is 16.5. The van der Waals surface area contributed by atoms with Gasteiger partial charge in [0.2, 0.25) is 0 Å². The summed E-state index contributed by atoms with van der Waals surface area (Å²) < 4.78 is 11.7. The third-order valence-electron chi connectivity index (χ3n) is 3.99. The molecule has 27 heavy (non-hydrogen) atoms. The van der Waals surface area contributed by atoms with Crippen LogP contribution in [-0.4, -0.2) is 34.7 Å². The van der Waals surface area contributed by atoms with Crippen LogP contribution in [0.5, 0.6) is 11.5 Å². The van der Waals surface area contributed by atoms with Gasteiger partial charge in [0.25, 0.3) is 0 Å². The van der Waals surface area contributed by atoms with Gasteiger partial charge in [-0.3, -0.25) is 4.98 Å². The van der Waals surface area contributed by atoms with Gasteiger partial charge in [-0.2, -0.15) is 0 Å². The molecule has 1 N–H and O–H groups in total. The molecule has 140 valence electrons. The quantitative estimate of drug-likeness (QED) is 0.540. The molecule has 0 fully saturated rings. The van der Waals surface area contributed by atoms with Crippen LogP contribution in [-0.2, 0) is 0 Å². The van der Waals surface area contributed by atoms with Crippen molar-refractivity contribution in [2.75, 3.05) is 25.1 Å². The molecule has 0 unspecified atom stereocenters. The second-order valence-corrected chi connectivity index (χ2v) is 5.95. The van der Waals surface area contributed by atoms with Crippen LogP contribution in [0.4, 0.5) is 5.82 Å². The summed E-state index contributed by atoms with van der Waals surface area (Å²) in [7, 11) is 0. The van der Waals surface area contributed by atoms with Crippen LogP contribution in [0, 0.1) is 0 Å². The van der Waals surface area contributed by atoms with Gasteiger partial charge in [-0.25, -0.2) is 9.97 Å². The van der Waals surface area contributed by atoms with Crippen LogP contribution in [0.15, 0.2) is 49.3 Å². The van der Waals surface area contributed by atoms with Crippen molar-refractivity contribution in [1.82, 2.24) is 15.0 Å². The summed E-state index contributed by atoms with van der Waals surface area (Å²) in [5.41, 5.74) is 0.909. The molecule has 0 bridgehead atoms. The van der Waals surface area contributed by atoms with Gasteiger partial charge in [0, 0.05) is 18.1 Å². The van der Waals surface area contributed by atoms with E-state index in [2.05, 4.69) is 33.8 Å². The number of anilines is 1. The Hall–Kier alpha value is -3.15. The minimum absolute atomic E-state index is 0.385. The second-order valence-electron chi connectivity index (χ2n) is 5.95. The first kappa shape index (κ1) is 18.6. The van der Waals surface area contributed by atoms with Gasteiger partial charge < -0.3 is 14.8 Å². The van der Waals surface area contributed by atoms with Crippen LogP contribution in [0.3, 0.4) is 0 Å². The summed E-state index contributed by atoms with van der Waals surface area (Å²) in [6, 6.07) is 9.76. The van der Waals surface area contributed by atoms with Gasteiger partial charge in [-0.1, -0.05) is 32.1 Å². The van der Waals surface area contributed by atoms with Crippen molar-refractivity contribution >= 4 is 22.8 Å². The molecular weight excluding hydrogens is 340 g/mol. The molecular formula is C21H24N4O2. The molecule has 0 spiro atoms. The predicted octanol–water partition coefficient (Wildman–Crippen LogP) is 4.34. The largest absolute Gasteiger partial charge is 0.489 e. The van der Waals surface area contributed by atoms with Crippen LogP contribution in [0.25, 0.3) is 17.0 Å². The molecule has 0 aliphatic rings. The van der Waals surface area contributed by atoms with E-state index in [1.54, 1.807) is 18.5 Å². The molecule has 0 aliphatic carbocycles. The number of nitrogens with zero attached hydrogens (tertiary/aromatic N) is 3. The molecule has 0 amide bonds. The van der Waals surface area contributed by atoms with E-state index < -0.39 is 0 Å². The molecule has 0 saturated carbocycles. The number of unbranched alkanes of at least 4 members (excludes halogenated alkanes) is 1. The molecule has 2 aromatic heterocycles. The van der Waals surface area contributed by atoms with Crippen molar-refractivity contribution in [1.29, 1.82) is 0 Å². The molecule has 0 aliphatic heterocycles. The fourth-order valence-corrected chi connectivity index (χ4v) is 2.60. The lowest BCUT2D eigenvalue weighted by atomic mass is 10.2. The zero-order valence-electron chi connectivity index (χ0n) is 15.5. The Morgan fingerprint density at radius 2 is 1.89 bits per heavy atom.